The largest absolute Gasteiger partial charge is 0.507 e. The number of halogens is 1. The summed E-state index contributed by atoms with van der Waals surface area (Å²) in [6.07, 6.45) is 2.59. The molecule has 0 radical (unpaired) electrons. The first-order valence-corrected chi connectivity index (χ1v) is 5.86. The molecule has 0 unspecified atom stereocenters. The van der Waals surface area contributed by atoms with E-state index in [-0.39, 0.29) is 5.75 Å². The number of phenols is 1. The molecule has 2 rings (SSSR count). The highest BCUT2D eigenvalue weighted by Crippen LogP contribution is 2.20. The van der Waals surface area contributed by atoms with Crippen LogP contribution in [0.15, 0.2) is 36.5 Å². The molecule has 2 N–H and O–H groups in total. The lowest BCUT2D eigenvalue weighted by atomic mass is 10.1. The van der Waals surface area contributed by atoms with Gasteiger partial charge < -0.3 is 10.4 Å². The average Bonchev–Trinajstić information content (AvgIpc) is 2.38. The Morgan fingerprint density at radius 1 is 1.28 bits per heavy atom. The highest BCUT2D eigenvalue weighted by atomic mass is 19.1. The van der Waals surface area contributed by atoms with Gasteiger partial charge in [-0.05, 0) is 24.1 Å². The normalized spacial score (nSPS) is 10.3. The van der Waals surface area contributed by atoms with Crippen LogP contribution in [0.1, 0.15) is 18.1 Å². The van der Waals surface area contributed by atoms with Crippen LogP contribution in [0.3, 0.4) is 0 Å². The van der Waals surface area contributed by atoms with Gasteiger partial charge in [0.1, 0.15) is 17.4 Å². The molecule has 0 spiro atoms. The molecule has 1 aromatic heterocycles. The first-order valence-electron chi connectivity index (χ1n) is 5.86. The van der Waals surface area contributed by atoms with Crippen LogP contribution in [0.5, 0.6) is 5.75 Å². The zero-order valence-corrected chi connectivity index (χ0v) is 10.2. The van der Waals surface area contributed by atoms with Gasteiger partial charge in [-0.3, -0.25) is 0 Å². The summed E-state index contributed by atoms with van der Waals surface area (Å²) in [5, 5.41) is 12.7. The molecule has 2 aromatic rings. The van der Waals surface area contributed by atoms with Crippen molar-refractivity contribution >= 4 is 5.82 Å². The van der Waals surface area contributed by atoms with Gasteiger partial charge in [0.05, 0.1) is 0 Å². The number of nitrogens with one attached hydrogen (secondary N) is 1. The maximum absolute atomic E-state index is 12.8. The predicted octanol–water partition coefficient (Wildman–Crippen LogP) is 3.10. The standard InChI is InChI=1S/C14H15FN2O/c1-2-10-4-3-7-16-14(10)17-9-11-5-6-12(15)8-13(11)18/h3-8,18H,2,9H2,1H3,(H,16,17). The van der Waals surface area contributed by atoms with Gasteiger partial charge in [0.15, 0.2) is 0 Å². The number of aromatic hydroxyl groups is 1. The quantitative estimate of drug-likeness (QED) is 0.871. The molecular formula is C14H15FN2O. The molecule has 0 aliphatic carbocycles. The zero-order valence-electron chi connectivity index (χ0n) is 10.2. The maximum atomic E-state index is 12.8. The van der Waals surface area contributed by atoms with Crippen LogP contribution in [0.4, 0.5) is 10.2 Å². The zero-order chi connectivity index (χ0) is 13.0. The number of rotatable bonds is 4. The maximum Gasteiger partial charge on any atom is 0.129 e. The van der Waals surface area contributed by atoms with E-state index < -0.39 is 5.82 Å². The second-order valence-corrected chi connectivity index (χ2v) is 3.99. The van der Waals surface area contributed by atoms with E-state index in [9.17, 15) is 9.50 Å². The summed E-state index contributed by atoms with van der Waals surface area (Å²) in [5.74, 6) is 0.309. The molecule has 0 saturated carbocycles. The molecule has 4 heteroatoms. The third kappa shape index (κ3) is 2.77. The number of phenolic OH excluding ortho intramolecular Hbond substituents is 1. The van der Waals surface area contributed by atoms with Crippen LogP contribution in [-0.4, -0.2) is 10.1 Å². The van der Waals surface area contributed by atoms with Crippen molar-refractivity contribution in [2.24, 2.45) is 0 Å². The van der Waals surface area contributed by atoms with E-state index in [4.69, 9.17) is 0 Å². The highest BCUT2D eigenvalue weighted by Gasteiger charge is 2.05. The summed E-state index contributed by atoms with van der Waals surface area (Å²) < 4.78 is 12.8. The lowest BCUT2D eigenvalue weighted by Gasteiger charge is -2.10. The monoisotopic (exact) mass is 246 g/mol. The summed E-state index contributed by atoms with van der Waals surface area (Å²) in [5.41, 5.74) is 1.75. The fourth-order valence-corrected chi connectivity index (χ4v) is 1.75. The lowest BCUT2D eigenvalue weighted by molar-refractivity contribution is 0.463. The smallest absolute Gasteiger partial charge is 0.129 e. The van der Waals surface area contributed by atoms with Gasteiger partial charge in [-0.25, -0.2) is 9.37 Å². The van der Waals surface area contributed by atoms with E-state index in [0.717, 1.165) is 23.9 Å². The molecule has 0 aliphatic rings. The summed E-state index contributed by atoms with van der Waals surface area (Å²) in [6.45, 7) is 2.47. The van der Waals surface area contributed by atoms with Gasteiger partial charge in [0.2, 0.25) is 0 Å². The lowest BCUT2D eigenvalue weighted by Crippen LogP contribution is -2.04. The number of hydrogen-bond acceptors (Lipinski definition) is 3. The van der Waals surface area contributed by atoms with Crippen LogP contribution >= 0.6 is 0 Å². The summed E-state index contributed by atoms with van der Waals surface area (Å²) in [4.78, 5) is 4.24. The van der Waals surface area contributed by atoms with Crippen LogP contribution in [0.2, 0.25) is 0 Å². The molecule has 0 amide bonds. The van der Waals surface area contributed by atoms with Crippen molar-refractivity contribution in [2.75, 3.05) is 5.32 Å². The van der Waals surface area contributed by atoms with E-state index >= 15 is 0 Å². The van der Waals surface area contributed by atoms with Gasteiger partial charge >= 0.3 is 0 Å². The van der Waals surface area contributed by atoms with Crippen molar-refractivity contribution in [2.45, 2.75) is 19.9 Å². The Morgan fingerprint density at radius 3 is 2.83 bits per heavy atom. The van der Waals surface area contributed by atoms with E-state index in [0.29, 0.717) is 12.1 Å². The van der Waals surface area contributed by atoms with Crippen molar-refractivity contribution in [3.8, 4) is 5.75 Å². The topological polar surface area (TPSA) is 45.2 Å². The average molecular weight is 246 g/mol. The molecule has 0 fully saturated rings. The first kappa shape index (κ1) is 12.4. The van der Waals surface area contributed by atoms with Gasteiger partial charge in [-0.2, -0.15) is 0 Å². The number of aromatic nitrogens is 1. The molecule has 0 saturated heterocycles. The van der Waals surface area contributed by atoms with Gasteiger partial charge in [-0.15, -0.1) is 0 Å². The van der Waals surface area contributed by atoms with Crippen molar-refractivity contribution in [1.82, 2.24) is 4.98 Å². The Bertz CT molecular complexity index is 543. The van der Waals surface area contributed by atoms with E-state index in [2.05, 4.69) is 17.2 Å². The van der Waals surface area contributed by atoms with Crippen LogP contribution in [0.25, 0.3) is 0 Å². The van der Waals surface area contributed by atoms with Crippen LogP contribution < -0.4 is 5.32 Å². The van der Waals surface area contributed by atoms with Crippen LogP contribution in [-0.2, 0) is 13.0 Å². The molecule has 0 atom stereocenters. The van der Waals surface area contributed by atoms with Crippen molar-refractivity contribution in [1.29, 1.82) is 0 Å². The molecule has 18 heavy (non-hydrogen) atoms. The fraction of sp³-hybridized carbons (Fsp3) is 0.214. The minimum Gasteiger partial charge on any atom is -0.507 e. The molecule has 1 aromatic carbocycles. The third-order valence-corrected chi connectivity index (χ3v) is 2.77. The summed E-state index contributed by atoms with van der Waals surface area (Å²) in [6, 6.07) is 7.89. The third-order valence-electron chi connectivity index (χ3n) is 2.77. The van der Waals surface area contributed by atoms with Gasteiger partial charge in [0.25, 0.3) is 0 Å². The number of pyridine rings is 1. The first-order chi connectivity index (χ1) is 8.70. The summed E-state index contributed by atoms with van der Waals surface area (Å²) >= 11 is 0. The Balaban J connectivity index is 2.11. The summed E-state index contributed by atoms with van der Waals surface area (Å²) in [7, 11) is 0. The second kappa shape index (κ2) is 5.49. The minimum absolute atomic E-state index is 0.0449. The SMILES string of the molecule is CCc1cccnc1NCc1ccc(F)cc1O. The number of benzene rings is 1. The number of aryl methyl sites for hydroxylation is 1. The van der Waals surface area contributed by atoms with Crippen molar-refractivity contribution < 1.29 is 9.50 Å². The Hall–Kier alpha value is -2.10. The fourth-order valence-electron chi connectivity index (χ4n) is 1.75. The number of hydrogen-bond donors (Lipinski definition) is 2. The molecule has 94 valence electrons. The second-order valence-electron chi connectivity index (χ2n) is 3.99. The molecule has 1 heterocycles. The van der Waals surface area contributed by atoms with Crippen molar-refractivity contribution in [3.05, 3.63) is 53.5 Å². The number of anilines is 1. The van der Waals surface area contributed by atoms with Gasteiger partial charge in [-0.1, -0.05) is 19.1 Å². The number of nitrogens with zero attached hydrogens (tertiary/aromatic N) is 1. The van der Waals surface area contributed by atoms with Crippen molar-refractivity contribution in [3.63, 3.8) is 0 Å². The Morgan fingerprint density at radius 2 is 2.11 bits per heavy atom. The molecular weight excluding hydrogens is 231 g/mol. The highest BCUT2D eigenvalue weighted by molar-refractivity contribution is 5.45. The minimum atomic E-state index is -0.441. The van der Waals surface area contributed by atoms with Crippen LogP contribution in [0, 0.1) is 5.82 Å². The molecule has 3 nitrogen and oxygen atoms in total. The molecule has 0 bridgehead atoms. The Labute approximate surface area is 105 Å². The molecule has 0 aliphatic heterocycles. The predicted molar refractivity (Wildman–Crippen MR) is 69.0 cm³/mol. The van der Waals surface area contributed by atoms with E-state index in [1.54, 1.807) is 12.3 Å². The van der Waals surface area contributed by atoms with E-state index in [1.165, 1.54) is 6.07 Å². The van der Waals surface area contributed by atoms with E-state index in [1.807, 2.05) is 12.1 Å². The Kier molecular flexibility index (Phi) is 3.77. The van der Waals surface area contributed by atoms with Gasteiger partial charge in [0, 0.05) is 24.4 Å².